The first kappa shape index (κ1) is 13.2. The van der Waals surface area contributed by atoms with Crippen LogP contribution >= 0.6 is 0 Å². The van der Waals surface area contributed by atoms with Crippen LogP contribution in [0.1, 0.15) is 25.0 Å². The van der Waals surface area contributed by atoms with Gasteiger partial charge in [-0.25, -0.2) is 0 Å². The van der Waals surface area contributed by atoms with E-state index in [1.807, 2.05) is 18.2 Å². The third-order valence-corrected chi connectivity index (χ3v) is 3.38. The Bertz CT molecular complexity index is 405. The third-order valence-electron chi connectivity index (χ3n) is 3.38. The predicted molar refractivity (Wildman–Crippen MR) is 68.0 cm³/mol. The lowest BCUT2D eigenvalue weighted by molar-refractivity contribution is 0.0135. The number of methoxy groups -OCH3 is 2. The zero-order chi connectivity index (χ0) is 13.1. The molecule has 0 amide bonds. The Labute approximate surface area is 107 Å². The molecule has 0 saturated carbocycles. The summed E-state index contributed by atoms with van der Waals surface area (Å²) in [6, 6.07) is 5.52. The Hall–Kier alpha value is -1.26. The van der Waals surface area contributed by atoms with Gasteiger partial charge in [0.15, 0.2) is 0 Å². The quantitative estimate of drug-likeness (QED) is 0.892. The normalized spacial score (nSPS) is 24.0. The molecule has 4 nitrogen and oxygen atoms in total. The number of ether oxygens (including phenoxy) is 3. The van der Waals surface area contributed by atoms with Gasteiger partial charge in [-0.2, -0.15) is 0 Å². The number of aliphatic hydroxyl groups excluding tert-OH is 1. The molecule has 1 aliphatic rings. The third kappa shape index (κ3) is 2.60. The molecule has 2 unspecified atom stereocenters. The van der Waals surface area contributed by atoms with Gasteiger partial charge in [0.05, 0.1) is 19.8 Å². The van der Waals surface area contributed by atoms with Crippen molar-refractivity contribution in [3.63, 3.8) is 0 Å². The maximum absolute atomic E-state index is 10.2. The SMILES string of the molecule is COCC(C)C1C[C@@H](O)c2ccc(OC)cc2O1. The van der Waals surface area contributed by atoms with E-state index in [1.54, 1.807) is 14.2 Å². The Morgan fingerprint density at radius 1 is 1.44 bits per heavy atom. The maximum atomic E-state index is 10.2. The van der Waals surface area contributed by atoms with Gasteiger partial charge in [0.25, 0.3) is 0 Å². The van der Waals surface area contributed by atoms with Crippen molar-refractivity contribution in [2.24, 2.45) is 5.92 Å². The van der Waals surface area contributed by atoms with Gasteiger partial charge in [0, 0.05) is 31.1 Å². The fourth-order valence-corrected chi connectivity index (χ4v) is 2.30. The molecule has 1 heterocycles. The van der Waals surface area contributed by atoms with Gasteiger partial charge in [-0.1, -0.05) is 6.92 Å². The molecule has 0 aromatic heterocycles. The molecule has 1 aromatic carbocycles. The van der Waals surface area contributed by atoms with Crippen molar-refractivity contribution in [2.45, 2.75) is 25.6 Å². The summed E-state index contributed by atoms with van der Waals surface area (Å²) in [6.45, 7) is 2.68. The van der Waals surface area contributed by atoms with Crippen LogP contribution in [0.5, 0.6) is 11.5 Å². The lowest BCUT2D eigenvalue weighted by Crippen LogP contribution is -2.33. The standard InChI is InChI=1S/C14H20O4/c1-9(8-16-2)13-7-12(15)11-5-4-10(17-3)6-14(11)18-13/h4-6,9,12-13,15H,7-8H2,1-3H3/t9?,12-,13?/m1/s1. The number of hydrogen-bond acceptors (Lipinski definition) is 4. The van der Waals surface area contributed by atoms with E-state index < -0.39 is 6.10 Å². The second-order valence-electron chi connectivity index (χ2n) is 4.74. The highest BCUT2D eigenvalue weighted by molar-refractivity contribution is 5.43. The molecule has 0 saturated heterocycles. The number of hydrogen-bond donors (Lipinski definition) is 1. The highest BCUT2D eigenvalue weighted by Gasteiger charge is 2.30. The molecule has 18 heavy (non-hydrogen) atoms. The first-order valence-electron chi connectivity index (χ1n) is 6.17. The van der Waals surface area contributed by atoms with Gasteiger partial charge in [-0.05, 0) is 12.1 Å². The van der Waals surface area contributed by atoms with E-state index in [-0.39, 0.29) is 12.0 Å². The van der Waals surface area contributed by atoms with Gasteiger partial charge < -0.3 is 19.3 Å². The molecular formula is C14H20O4. The molecule has 3 atom stereocenters. The molecule has 4 heteroatoms. The molecule has 2 rings (SSSR count). The Morgan fingerprint density at radius 3 is 2.89 bits per heavy atom. The van der Waals surface area contributed by atoms with Gasteiger partial charge in [0.2, 0.25) is 0 Å². The molecule has 100 valence electrons. The average molecular weight is 252 g/mol. The van der Waals surface area contributed by atoms with E-state index >= 15 is 0 Å². The largest absolute Gasteiger partial charge is 0.497 e. The van der Waals surface area contributed by atoms with E-state index in [2.05, 4.69) is 6.92 Å². The van der Waals surface area contributed by atoms with Crippen molar-refractivity contribution >= 4 is 0 Å². The lowest BCUT2D eigenvalue weighted by atomic mass is 9.92. The summed E-state index contributed by atoms with van der Waals surface area (Å²) >= 11 is 0. The average Bonchev–Trinajstić information content (AvgIpc) is 2.38. The summed E-state index contributed by atoms with van der Waals surface area (Å²) in [5.41, 5.74) is 0.830. The molecule has 1 N–H and O–H groups in total. The summed E-state index contributed by atoms with van der Waals surface area (Å²) in [5, 5.41) is 10.2. The van der Waals surface area contributed by atoms with Crippen LogP contribution < -0.4 is 9.47 Å². The first-order valence-corrected chi connectivity index (χ1v) is 6.17. The second-order valence-corrected chi connectivity index (χ2v) is 4.74. The molecule has 0 fully saturated rings. The van der Waals surface area contributed by atoms with Crippen LogP contribution in [-0.4, -0.2) is 32.0 Å². The number of rotatable bonds is 4. The van der Waals surface area contributed by atoms with Crippen LogP contribution in [0.4, 0.5) is 0 Å². The van der Waals surface area contributed by atoms with Gasteiger partial charge in [0.1, 0.15) is 17.6 Å². The zero-order valence-electron chi connectivity index (χ0n) is 11.1. The van der Waals surface area contributed by atoms with E-state index in [4.69, 9.17) is 14.2 Å². The molecule has 1 aromatic rings. The molecule has 0 bridgehead atoms. The molecule has 0 aliphatic carbocycles. The molecule has 0 spiro atoms. The second kappa shape index (κ2) is 5.59. The van der Waals surface area contributed by atoms with E-state index in [0.717, 1.165) is 11.3 Å². The zero-order valence-corrected chi connectivity index (χ0v) is 11.1. The monoisotopic (exact) mass is 252 g/mol. The van der Waals surface area contributed by atoms with Crippen molar-refractivity contribution in [1.29, 1.82) is 0 Å². The fourth-order valence-electron chi connectivity index (χ4n) is 2.30. The van der Waals surface area contributed by atoms with Gasteiger partial charge in [-0.3, -0.25) is 0 Å². The minimum absolute atomic E-state index is 0.0282. The fraction of sp³-hybridized carbons (Fsp3) is 0.571. The van der Waals surface area contributed by atoms with E-state index in [1.165, 1.54) is 0 Å². The number of benzene rings is 1. The minimum Gasteiger partial charge on any atom is -0.497 e. The Morgan fingerprint density at radius 2 is 2.22 bits per heavy atom. The predicted octanol–water partition coefficient (Wildman–Crippen LogP) is 2.16. The summed E-state index contributed by atoms with van der Waals surface area (Å²) < 4.78 is 16.3. The Kier molecular flexibility index (Phi) is 4.09. The van der Waals surface area contributed by atoms with Crippen LogP contribution in [0.2, 0.25) is 0 Å². The number of fused-ring (bicyclic) bond motifs is 1. The van der Waals surface area contributed by atoms with Crippen LogP contribution in [-0.2, 0) is 4.74 Å². The van der Waals surface area contributed by atoms with Gasteiger partial charge >= 0.3 is 0 Å². The topological polar surface area (TPSA) is 47.9 Å². The van der Waals surface area contributed by atoms with Crippen molar-refractivity contribution in [1.82, 2.24) is 0 Å². The smallest absolute Gasteiger partial charge is 0.129 e. The highest BCUT2D eigenvalue weighted by Crippen LogP contribution is 2.38. The van der Waals surface area contributed by atoms with E-state index in [9.17, 15) is 5.11 Å². The van der Waals surface area contributed by atoms with Crippen molar-refractivity contribution < 1.29 is 19.3 Å². The van der Waals surface area contributed by atoms with Crippen LogP contribution in [0, 0.1) is 5.92 Å². The van der Waals surface area contributed by atoms with Crippen LogP contribution in [0.25, 0.3) is 0 Å². The molecule has 0 radical (unpaired) electrons. The summed E-state index contributed by atoms with van der Waals surface area (Å²) in [5.74, 6) is 1.69. The summed E-state index contributed by atoms with van der Waals surface area (Å²) in [6.07, 6.45) is 0.0904. The van der Waals surface area contributed by atoms with Gasteiger partial charge in [-0.15, -0.1) is 0 Å². The van der Waals surface area contributed by atoms with E-state index in [0.29, 0.717) is 18.8 Å². The van der Waals surface area contributed by atoms with Crippen LogP contribution in [0.3, 0.4) is 0 Å². The minimum atomic E-state index is -0.482. The Balaban J connectivity index is 2.20. The first-order chi connectivity index (χ1) is 8.65. The summed E-state index contributed by atoms with van der Waals surface area (Å²) in [7, 11) is 3.29. The molecular weight excluding hydrogens is 232 g/mol. The summed E-state index contributed by atoms with van der Waals surface area (Å²) in [4.78, 5) is 0. The van der Waals surface area contributed by atoms with Crippen molar-refractivity contribution in [3.05, 3.63) is 23.8 Å². The van der Waals surface area contributed by atoms with Crippen molar-refractivity contribution in [3.8, 4) is 11.5 Å². The maximum Gasteiger partial charge on any atom is 0.129 e. The lowest BCUT2D eigenvalue weighted by Gasteiger charge is -2.33. The van der Waals surface area contributed by atoms with Crippen LogP contribution in [0.15, 0.2) is 18.2 Å². The van der Waals surface area contributed by atoms with Crippen molar-refractivity contribution in [2.75, 3.05) is 20.8 Å². The molecule has 1 aliphatic heterocycles. The highest BCUT2D eigenvalue weighted by atomic mass is 16.5. The number of aliphatic hydroxyl groups is 1.